The van der Waals surface area contributed by atoms with E-state index in [4.69, 9.17) is 5.73 Å². The van der Waals surface area contributed by atoms with E-state index in [9.17, 15) is 0 Å². The smallest absolute Gasteiger partial charge is 0.00362 e. The van der Waals surface area contributed by atoms with Gasteiger partial charge in [-0.3, -0.25) is 0 Å². The van der Waals surface area contributed by atoms with Gasteiger partial charge in [0.25, 0.3) is 0 Å². The van der Waals surface area contributed by atoms with E-state index >= 15 is 0 Å². The van der Waals surface area contributed by atoms with Gasteiger partial charge in [-0.05, 0) is 19.9 Å². The van der Waals surface area contributed by atoms with Crippen LogP contribution in [0.2, 0.25) is 0 Å². The van der Waals surface area contributed by atoms with Gasteiger partial charge in [0.05, 0.1) is 0 Å². The zero-order valence-corrected chi connectivity index (χ0v) is 7.56. The molecule has 0 amide bonds. The van der Waals surface area contributed by atoms with Crippen molar-refractivity contribution in [3.05, 3.63) is 0 Å². The number of hydrogen-bond donors (Lipinski definition) is 2. The SMILES string of the molecule is CCCCC(N)CC.CN. The summed E-state index contributed by atoms with van der Waals surface area (Å²) in [7, 11) is 1.50. The lowest BCUT2D eigenvalue weighted by Crippen LogP contribution is -2.17. The predicted molar refractivity (Wildman–Crippen MR) is 47.9 cm³/mol. The van der Waals surface area contributed by atoms with E-state index in [1.165, 1.54) is 26.3 Å². The normalized spacial score (nSPS) is 11.7. The Labute approximate surface area is 65.0 Å². The minimum absolute atomic E-state index is 0.454. The number of nitrogens with two attached hydrogens (primary N) is 2. The molecule has 0 aliphatic carbocycles. The highest BCUT2D eigenvalue weighted by atomic mass is 14.6. The van der Waals surface area contributed by atoms with Crippen LogP contribution in [0.3, 0.4) is 0 Å². The van der Waals surface area contributed by atoms with Crippen molar-refractivity contribution in [3.63, 3.8) is 0 Å². The van der Waals surface area contributed by atoms with Crippen LogP contribution in [-0.2, 0) is 0 Å². The first kappa shape index (κ1) is 12.6. The molecule has 0 aliphatic rings. The molecule has 2 heteroatoms. The standard InChI is InChI=1S/C7H17N.CH5N/c1-3-5-6-7(8)4-2;1-2/h7H,3-6,8H2,1-2H3;2H2,1H3. The van der Waals surface area contributed by atoms with Crippen LogP contribution in [0.1, 0.15) is 39.5 Å². The summed E-state index contributed by atoms with van der Waals surface area (Å²) in [6.45, 7) is 4.34. The lowest BCUT2D eigenvalue weighted by Gasteiger charge is -2.04. The molecule has 10 heavy (non-hydrogen) atoms. The highest BCUT2D eigenvalue weighted by molar-refractivity contribution is 4.56. The Morgan fingerprint density at radius 3 is 2.00 bits per heavy atom. The Hall–Kier alpha value is -0.0800. The maximum Gasteiger partial charge on any atom is 0.00362 e. The molecule has 0 aromatic rings. The van der Waals surface area contributed by atoms with Gasteiger partial charge in [-0.1, -0.05) is 26.7 Å². The van der Waals surface area contributed by atoms with Crippen molar-refractivity contribution < 1.29 is 0 Å². The third-order valence-corrected chi connectivity index (χ3v) is 1.45. The van der Waals surface area contributed by atoms with Crippen molar-refractivity contribution in [2.75, 3.05) is 7.05 Å². The third-order valence-electron chi connectivity index (χ3n) is 1.45. The van der Waals surface area contributed by atoms with Gasteiger partial charge < -0.3 is 11.5 Å². The molecule has 2 nitrogen and oxygen atoms in total. The summed E-state index contributed by atoms with van der Waals surface area (Å²) in [6.07, 6.45) is 4.88. The van der Waals surface area contributed by atoms with E-state index < -0.39 is 0 Å². The molecular weight excluding hydrogens is 124 g/mol. The molecule has 4 N–H and O–H groups in total. The van der Waals surface area contributed by atoms with Gasteiger partial charge in [-0.15, -0.1) is 0 Å². The lowest BCUT2D eigenvalue weighted by atomic mass is 10.1. The van der Waals surface area contributed by atoms with Gasteiger partial charge in [0, 0.05) is 6.04 Å². The van der Waals surface area contributed by atoms with Gasteiger partial charge in [0.2, 0.25) is 0 Å². The molecule has 0 aromatic carbocycles. The van der Waals surface area contributed by atoms with Crippen LogP contribution in [0.25, 0.3) is 0 Å². The molecule has 0 saturated heterocycles. The summed E-state index contributed by atoms with van der Waals surface area (Å²) < 4.78 is 0. The second kappa shape index (κ2) is 11.7. The highest BCUT2D eigenvalue weighted by Crippen LogP contribution is 1.99. The molecule has 64 valence electrons. The maximum absolute atomic E-state index is 5.66. The molecule has 0 spiro atoms. The van der Waals surface area contributed by atoms with Crippen molar-refractivity contribution in [1.82, 2.24) is 0 Å². The van der Waals surface area contributed by atoms with Crippen LogP contribution in [0, 0.1) is 0 Å². The second-order valence-corrected chi connectivity index (χ2v) is 2.31. The van der Waals surface area contributed by atoms with E-state index in [2.05, 4.69) is 19.6 Å². The van der Waals surface area contributed by atoms with Crippen LogP contribution in [-0.4, -0.2) is 13.1 Å². The van der Waals surface area contributed by atoms with E-state index in [-0.39, 0.29) is 0 Å². The molecular formula is C8H22N2. The zero-order valence-electron chi connectivity index (χ0n) is 7.56. The number of hydrogen-bond acceptors (Lipinski definition) is 2. The summed E-state index contributed by atoms with van der Waals surface area (Å²) in [5.74, 6) is 0. The Morgan fingerprint density at radius 2 is 1.70 bits per heavy atom. The fourth-order valence-electron chi connectivity index (χ4n) is 0.670. The molecule has 1 atom stereocenters. The fraction of sp³-hybridized carbons (Fsp3) is 1.00. The summed E-state index contributed by atoms with van der Waals surface area (Å²) in [4.78, 5) is 0. The minimum atomic E-state index is 0.454. The van der Waals surface area contributed by atoms with Crippen LogP contribution in [0.15, 0.2) is 0 Å². The van der Waals surface area contributed by atoms with Crippen molar-refractivity contribution in [1.29, 1.82) is 0 Å². The van der Waals surface area contributed by atoms with E-state index in [0.29, 0.717) is 6.04 Å². The molecule has 0 heterocycles. The molecule has 0 radical (unpaired) electrons. The molecule has 0 aliphatic heterocycles. The van der Waals surface area contributed by atoms with Gasteiger partial charge in [0.15, 0.2) is 0 Å². The van der Waals surface area contributed by atoms with Crippen molar-refractivity contribution in [3.8, 4) is 0 Å². The van der Waals surface area contributed by atoms with Crippen molar-refractivity contribution in [2.24, 2.45) is 11.5 Å². The molecule has 0 aromatic heterocycles. The van der Waals surface area contributed by atoms with Gasteiger partial charge in [-0.2, -0.15) is 0 Å². The molecule has 0 saturated carbocycles. The fourth-order valence-corrected chi connectivity index (χ4v) is 0.670. The Morgan fingerprint density at radius 1 is 1.20 bits per heavy atom. The monoisotopic (exact) mass is 146 g/mol. The average Bonchev–Trinajstić information content (AvgIpc) is 2.04. The van der Waals surface area contributed by atoms with Gasteiger partial charge in [0.1, 0.15) is 0 Å². The average molecular weight is 146 g/mol. The summed E-state index contributed by atoms with van der Waals surface area (Å²) >= 11 is 0. The Balaban J connectivity index is 0. The Bertz CT molecular complexity index is 46.5. The Kier molecular flexibility index (Phi) is 14.7. The van der Waals surface area contributed by atoms with Crippen LogP contribution < -0.4 is 11.5 Å². The summed E-state index contributed by atoms with van der Waals surface area (Å²) in [5.41, 5.74) is 10.2. The molecule has 1 unspecified atom stereocenters. The topological polar surface area (TPSA) is 52.0 Å². The predicted octanol–water partition coefficient (Wildman–Crippen LogP) is 1.49. The largest absolute Gasteiger partial charge is 0.333 e. The first-order valence-electron chi connectivity index (χ1n) is 4.14. The van der Waals surface area contributed by atoms with Crippen LogP contribution in [0.5, 0.6) is 0 Å². The van der Waals surface area contributed by atoms with E-state index in [1.54, 1.807) is 0 Å². The minimum Gasteiger partial charge on any atom is -0.333 e. The third kappa shape index (κ3) is 10.8. The number of rotatable bonds is 4. The number of unbranched alkanes of at least 4 members (excludes halogenated alkanes) is 1. The van der Waals surface area contributed by atoms with Gasteiger partial charge in [-0.25, -0.2) is 0 Å². The summed E-state index contributed by atoms with van der Waals surface area (Å²) in [5, 5.41) is 0. The van der Waals surface area contributed by atoms with Crippen molar-refractivity contribution in [2.45, 2.75) is 45.6 Å². The van der Waals surface area contributed by atoms with Crippen molar-refractivity contribution >= 4 is 0 Å². The quantitative estimate of drug-likeness (QED) is 0.631. The van der Waals surface area contributed by atoms with Crippen LogP contribution in [0.4, 0.5) is 0 Å². The molecule has 0 fully saturated rings. The lowest BCUT2D eigenvalue weighted by molar-refractivity contribution is 0.562. The van der Waals surface area contributed by atoms with Crippen LogP contribution >= 0.6 is 0 Å². The van der Waals surface area contributed by atoms with E-state index in [0.717, 1.165) is 6.42 Å². The first-order valence-corrected chi connectivity index (χ1v) is 4.14. The maximum atomic E-state index is 5.66. The molecule has 0 rings (SSSR count). The highest BCUT2D eigenvalue weighted by Gasteiger charge is 1.94. The zero-order chi connectivity index (χ0) is 8.41. The van der Waals surface area contributed by atoms with Gasteiger partial charge >= 0.3 is 0 Å². The molecule has 0 bridgehead atoms. The first-order chi connectivity index (χ1) is 4.81. The second-order valence-electron chi connectivity index (χ2n) is 2.31. The summed E-state index contributed by atoms with van der Waals surface area (Å²) in [6, 6.07) is 0.454. The van der Waals surface area contributed by atoms with E-state index in [1.807, 2.05) is 0 Å².